The Morgan fingerprint density at radius 2 is 1.86 bits per heavy atom. The van der Waals surface area contributed by atoms with Crippen LogP contribution in [-0.2, 0) is 11.3 Å². The second-order valence-corrected chi connectivity index (χ2v) is 7.78. The molecule has 2 aromatic carbocycles. The number of carbonyl (C=O) groups excluding carboxylic acids is 1. The summed E-state index contributed by atoms with van der Waals surface area (Å²) >= 11 is 1.52. The van der Waals surface area contributed by atoms with Gasteiger partial charge in [0.15, 0.2) is 5.13 Å². The Morgan fingerprint density at radius 1 is 1.14 bits per heavy atom. The average Bonchev–Trinajstić information content (AvgIpc) is 3.17. The van der Waals surface area contributed by atoms with Crippen LogP contribution < -0.4 is 10.1 Å². The van der Waals surface area contributed by atoms with E-state index in [1.807, 2.05) is 42.5 Å². The lowest BCUT2D eigenvalue weighted by Crippen LogP contribution is -2.35. The monoisotopic (exact) mass is 409 g/mol. The van der Waals surface area contributed by atoms with Gasteiger partial charge in [-0.15, -0.1) is 0 Å². The van der Waals surface area contributed by atoms with Gasteiger partial charge in [-0.3, -0.25) is 15.0 Å². The van der Waals surface area contributed by atoms with Gasteiger partial charge in [-0.2, -0.15) is 0 Å². The van der Waals surface area contributed by atoms with Crippen molar-refractivity contribution in [3.8, 4) is 17.0 Å². The number of aromatic nitrogens is 1. The summed E-state index contributed by atoms with van der Waals surface area (Å²) < 4.78 is 10.8. The first kappa shape index (κ1) is 19.6. The van der Waals surface area contributed by atoms with Gasteiger partial charge >= 0.3 is 0 Å². The number of ether oxygens (including phenoxy) is 2. The minimum absolute atomic E-state index is 0.228. The molecule has 0 spiro atoms. The second-order valence-electron chi connectivity index (χ2n) is 6.70. The summed E-state index contributed by atoms with van der Waals surface area (Å²) in [5, 5.41) is 3.53. The van der Waals surface area contributed by atoms with Crippen molar-refractivity contribution >= 4 is 22.4 Å². The molecular weight excluding hydrogens is 386 g/mol. The zero-order chi connectivity index (χ0) is 20.1. The number of anilines is 1. The third-order valence-electron chi connectivity index (χ3n) is 4.79. The minimum atomic E-state index is -0.228. The van der Waals surface area contributed by atoms with E-state index >= 15 is 0 Å². The smallest absolute Gasteiger partial charge is 0.261 e. The molecule has 7 heteroatoms. The van der Waals surface area contributed by atoms with E-state index in [1.54, 1.807) is 19.2 Å². The number of nitrogens with one attached hydrogen (secondary N) is 1. The van der Waals surface area contributed by atoms with E-state index < -0.39 is 0 Å². The summed E-state index contributed by atoms with van der Waals surface area (Å²) in [6.45, 7) is 4.08. The first-order chi connectivity index (χ1) is 14.2. The van der Waals surface area contributed by atoms with Gasteiger partial charge in [-0.25, -0.2) is 4.98 Å². The van der Waals surface area contributed by atoms with Gasteiger partial charge in [0, 0.05) is 30.1 Å². The maximum atomic E-state index is 12.8. The van der Waals surface area contributed by atoms with Gasteiger partial charge in [0.1, 0.15) is 5.75 Å². The summed E-state index contributed by atoms with van der Waals surface area (Å²) in [7, 11) is 1.56. The fourth-order valence-electron chi connectivity index (χ4n) is 3.29. The summed E-state index contributed by atoms with van der Waals surface area (Å²) in [6, 6.07) is 17.3. The molecule has 1 aliphatic heterocycles. The number of benzene rings is 2. The van der Waals surface area contributed by atoms with Crippen molar-refractivity contribution in [1.82, 2.24) is 9.88 Å². The average molecular weight is 410 g/mol. The Balaban J connectivity index is 1.61. The summed E-state index contributed by atoms with van der Waals surface area (Å²) in [5.74, 6) is 0.312. The van der Waals surface area contributed by atoms with Crippen LogP contribution in [0, 0.1) is 0 Å². The van der Waals surface area contributed by atoms with Gasteiger partial charge in [-0.1, -0.05) is 53.8 Å². The van der Waals surface area contributed by atoms with Crippen LogP contribution in [0.4, 0.5) is 5.13 Å². The van der Waals surface area contributed by atoms with E-state index in [-0.39, 0.29) is 5.91 Å². The van der Waals surface area contributed by atoms with E-state index in [4.69, 9.17) is 14.5 Å². The molecule has 0 atom stereocenters. The molecule has 1 aromatic heterocycles. The number of morpholine rings is 1. The van der Waals surface area contributed by atoms with Crippen LogP contribution >= 0.6 is 11.3 Å². The SMILES string of the molecule is COc1ccccc1C(=O)Nc1nc(-c2ccccc2)c(CN2CCOCC2)s1. The Labute approximate surface area is 174 Å². The maximum Gasteiger partial charge on any atom is 0.261 e. The molecule has 1 saturated heterocycles. The molecule has 1 N–H and O–H groups in total. The minimum Gasteiger partial charge on any atom is -0.496 e. The molecule has 6 nitrogen and oxygen atoms in total. The summed E-state index contributed by atoms with van der Waals surface area (Å²) in [6.07, 6.45) is 0. The van der Waals surface area contributed by atoms with Gasteiger partial charge in [0.2, 0.25) is 0 Å². The van der Waals surface area contributed by atoms with Crippen LogP contribution in [0.1, 0.15) is 15.2 Å². The highest BCUT2D eigenvalue weighted by molar-refractivity contribution is 7.16. The van der Waals surface area contributed by atoms with Crippen molar-refractivity contribution in [3.63, 3.8) is 0 Å². The molecule has 0 unspecified atom stereocenters. The van der Waals surface area contributed by atoms with Gasteiger partial charge < -0.3 is 9.47 Å². The molecule has 4 rings (SSSR count). The highest BCUT2D eigenvalue weighted by Crippen LogP contribution is 2.33. The predicted octanol–water partition coefficient (Wildman–Crippen LogP) is 3.90. The van der Waals surface area contributed by atoms with E-state index in [2.05, 4.69) is 10.2 Å². The number of thiazole rings is 1. The second kappa shape index (κ2) is 9.17. The molecule has 0 aliphatic carbocycles. The topological polar surface area (TPSA) is 63.7 Å². The lowest BCUT2D eigenvalue weighted by atomic mass is 10.1. The molecular formula is C22H23N3O3S. The van der Waals surface area contributed by atoms with Gasteiger partial charge in [0.25, 0.3) is 5.91 Å². The lowest BCUT2D eigenvalue weighted by molar-refractivity contribution is 0.0347. The molecule has 3 aromatic rings. The van der Waals surface area contributed by atoms with Crippen LogP contribution in [0.3, 0.4) is 0 Å². The van der Waals surface area contributed by atoms with Crippen molar-refractivity contribution < 1.29 is 14.3 Å². The fourth-order valence-corrected chi connectivity index (χ4v) is 4.31. The molecule has 1 fully saturated rings. The van der Waals surface area contributed by atoms with Crippen LogP contribution in [0.2, 0.25) is 0 Å². The number of hydrogen-bond acceptors (Lipinski definition) is 6. The Kier molecular flexibility index (Phi) is 6.19. The van der Waals surface area contributed by atoms with Crippen LogP contribution in [0.25, 0.3) is 11.3 Å². The largest absolute Gasteiger partial charge is 0.496 e. The van der Waals surface area contributed by atoms with Crippen molar-refractivity contribution in [2.45, 2.75) is 6.54 Å². The normalized spacial score (nSPS) is 14.5. The number of nitrogens with zero attached hydrogens (tertiary/aromatic N) is 2. The van der Waals surface area contributed by atoms with Crippen molar-refractivity contribution in [1.29, 1.82) is 0 Å². The van der Waals surface area contributed by atoms with Gasteiger partial charge in [-0.05, 0) is 12.1 Å². The van der Waals surface area contributed by atoms with Crippen molar-refractivity contribution in [3.05, 3.63) is 65.0 Å². The van der Waals surface area contributed by atoms with E-state index in [0.29, 0.717) is 16.4 Å². The molecule has 2 heterocycles. The third-order valence-corrected chi connectivity index (χ3v) is 5.74. The standard InChI is InChI=1S/C22H23N3O3S/c1-27-18-10-6-5-9-17(18)21(26)24-22-23-20(16-7-3-2-4-8-16)19(29-22)15-25-11-13-28-14-12-25/h2-10H,11-15H2,1H3,(H,23,24,26). The van der Waals surface area contributed by atoms with Crippen molar-refractivity contribution in [2.24, 2.45) is 0 Å². The Bertz CT molecular complexity index is 968. The van der Waals surface area contributed by atoms with E-state index in [0.717, 1.165) is 49.0 Å². The molecule has 1 amide bonds. The molecule has 150 valence electrons. The molecule has 1 aliphatic rings. The first-order valence-corrected chi connectivity index (χ1v) is 10.4. The van der Waals surface area contributed by atoms with E-state index in [1.165, 1.54) is 11.3 Å². The molecule has 0 saturated carbocycles. The number of rotatable bonds is 6. The third kappa shape index (κ3) is 4.64. The highest BCUT2D eigenvalue weighted by Gasteiger charge is 2.20. The van der Waals surface area contributed by atoms with Crippen LogP contribution in [-0.4, -0.2) is 49.2 Å². The first-order valence-electron chi connectivity index (χ1n) is 9.54. The number of amides is 1. The molecule has 29 heavy (non-hydrogen) atoms. The summed E-state index contributed by atoms with van der Waals surface area (Å²) in [4.78, 5) is 21.0. The van der Waals surface area contributed by atoms with E-state index in [9.17, 15) is 4.79 Å². The zero-order valence-electron chi connectivity index (χ0n) is 16.3. The Morgan fingerprint density at radius 3 is 2.62 bits per heavy atom. The van der Waals surface area contributed by atoms with Crippen LogP contribution in [0.15, 0.2) is 54.6 Å². The fraction of sp³-hybridized carbons (Fsp3) is 0.273. The zero-order valence-corrected chi connectivity index (χ0v) is 17.1. The van der Waals surface area contributed by atoms with Crippen molar-refractivity contribution in [2.75, 3.05) is 38.7 Å². The number of hydrogen-bond donors (Lipinski definition) is 1. The molecule has 0 radical (unpaired) electrons. The summed E-state index contributed by atoms with van der Waals surface area (Å²) in [5.41, 5.74) is 2.45. The van der Waals surface area contributed by atoms with Gasteiger partial charge in [0.05, 0.1) is 31.6 Å². The highest BCUT2D eigenvalue weighted by atomic mass is 32.1. The quantitative estimate of drug-likeness (QED) is 0.669. The van der Waals surface area contributed by atoms with Crippen LogP contribution in [0.5, 0.6) is 5.75 Å². The molecule has 0 bridgehead atoms. The number of methoxy groups -OCH3 is 1. The number of para-hydroxylation sites is 1. The lowest BCUT2D eigenvalue weighted by Gasteiger charge is -2.26. The Hall–Kier alpha value is -2.74. The maximum absolute atomic E-state index is 12.8. The number of carbonyl (C=O) groups is 1. The predicted molar refractivity (Wildman–Crippen MR) is 115 cm³/mol.